The molecule has 0 rings (SSSR count). The van der Waals surface area contributed by atoms with Gasteiger partial charge >= 0.3 is 1720 Å². The van der Waals surface area contributed by atoms with Gasteiger partial charge in [-0.2, -0.15) is 0 Å². The molecule has 0 aliphatic heterocycles. The molecule has 313 valence electrons. The van der Waals surface area contributed by atoms with Crippen molar-refractivity contribution in [3.8, 4) is 0 Å². The first kappa shape index (κ1) is 1290. The molecule has 0 atom stereocenters. The quantitative estimate of drug-likeness (QED) is 0.316. The molecule has 0 fully saturated rings. The SMILES string of the molecule is [Cr+3].[Cr+3].[Cr+3].[Cr+3].[Cr+3].[Cr+3].[Cr+3].[Cr+3].[Cr+3].[Cr+3].[Cr+3].[Cr+3].[Cr+3].[Cr+3].[Cr+3].[Cr+3].[Cr+3].[Cr+3].[Cr+3].[Cr+3].[Cr+3].[Cr+3].[Cr+3].[Cr+3].[Cr+3].[Cr+3].[Cr+3].[Cr+3].[Cr+3].[Cr+3].[Cr+3].[Cr+3].[Cr+3].[Cr+3].[Cr+3].[Cr+3].[Cr+3].[Cr+3].[Cr+3].[Cr+3].[Cr+3].[Cr+3].[Cr+3].[Cr+3].[Cr+3].[Cr+3].[Cr+3].[Cr+3].[Cr+3].[Cr+3].[Cr+3].[Cr+3].[Cr+3].[Cr+3].[Cr+3].[Cr+3].[Cr+3].[Cr+3].[Cr+3].[Cr+3].[Cr+3].[Cr+3].[Cr+3].[Cr+3].[Cr+3].[Cr+3].[Cr+3].[Cr+3].[Cr+3].[Cr+3].[Cr+3].[Cr+3].[Cr+3].[Cr+3].[Cr+3].[Cr+3].[Cr+3].[Cr+3].[Cr+3].[Cr+3].[Cr+3].[Cr+3].[Cr+3].[Cr+3].[Cr+3].[Cr+3].[Cr+3].[Cr+3].[Cr+3].[Cr+3].[Cr+3].[Cr+3].[Cr+3].[Cr+3].[Cr+3].[Cr+3].[Cr+3].[Cr+3].[Cr+3].[O-2].[O-2]. The van der Waals surface area contributed by atoms with Crippen molar-refractivity contribution < 1.29 is 1730 Å². The average molecular weight is 5180 g/mol. The Bertz CT molecular complexity index is 14.2. The van der Waals surface area contributed by atoms with Crippen LogP contribution in [0.25, 0.3) is 0 Å². The van der Waals surface area contributed by atoms with E-state index in [1.54, 1.807) is 0 Å². The van der Waals surface area contributed by atoms with Gasteiger partial charge in [0.25, 0.3) is 0 Å². The van der Waals surface area contributed by atoms with Crippen LogP contribution in [-0.4, -0.2) is 0 Å². The van der Waals surface area contributed by atoms with Crippen molar-refractivity contribution in [1.82, 2.24) is 0 Å². The maximum atomic E-state index is 0. The number of rotatable bonds is 0. The largest absolute Gasteiger partial charge is 3.00 e. The summed E-state index contributed by atoms with van der Waals surface area (Å²) in [5, 5.41) is 0. The van der Waals surface area contributed by atoms with Gasteiger partial charge in [0.2, 0.25) is 0 Å². The number of hydrogen-bond acceptors (Lipinski definition) is 0. The van der Waals surface area contributed by atoms with E-state index in [-0.39, 0.29) is 1730 Å². The Morgan fingerprint density at radius 3 is 0.0198 bits per heavy atom. The zero-order chi connectivity index (χ0) is 0. The standard InChI is InChI=1S/99Cr.2O/q99*+3;2*-2. The molecule has 0 N–H and O–H groups in total. The molecule has 0 aromatic heterocycles. The molecule has 0 bridgehead atoms. The van der Waals surface area contributed by atoms with Gasteiger partial charge in [0.1, 0.15) is 0 Å². The maximum Gasteiger partial charge on any atom is 3.00 e. The summed E-state index contributed by atoms with van der Waals surface area (Å²) in [4.78, 5) is 0. The molecule has 2 nitrogen and oxygen atoms in total. The third-order valence-electron chi connectivity index (χ3n) is 0. The molecule has 99 radical (unpaired) electrons. The molecule has 0 spiro atoms. The van der Waals surface area contributed by atoms with Crippen molar-refractivity contribution in [3.05, 3.63) is 0 Å². The van der Waals surface area contributed by atoms with Crippen LogP contribution in [0.4, 0.5) is 0 Å². The molecule has 0 heterocycles. The molecular weight excluding hydrogens is 5180 g/mol. The fraction of sp³-hybridized carbons (Fsp3) is 0. The summed E-state index contributed by atoms with van der Waals surface area (Å²) in [7, 11) is 0. The van der Waals surface area contributed by atoms with Crippen LogP contribution in [0.5, 0.6) is 0 Å². The van der Waals surface area contributed by atoms with Gasteiger partial charge in [0.15, 0.2) is 0 Å². The second kappa shape index (κ2) is 1270. The van der Waals surface area contributed by atoms with Crippen LogP contribution in [0.2, 0.25) is 0 Å². The molecule has 0 unspecified atom stereocenters. The van der Waals surface area contributed by atoms with Crippen LogP contribution in [0, 0.1) is 0 Å². The van der Waals surface area contributed by atoms with Crippen LogP contribution in [0.3, 0.4) is 0 Å². The summed E-state index contributed by atoms with van der Waals surface area (Å²) >= 11 is 0. The fourth-order valence-corrected chi connectivity index (χ4v) is 0. The molecule has 101 heavy (non-hydrogen) atoms. The summed E-state index contributed by atoms with van der Waals surface area (Å²) < 4.78 is 0. The van der Waals surface area contributed by atoms with Crippen LogP contribution >= 0.6 is 0 Å². The predicted octanol–water partition coefficient (Wildman–Crippen LogP) is -0.485. The monoisotopic (exact) mass is 5170 g/mol. The van der Waals surface area contributed by atoms with E-state index >= 15 is 0 Å². The minimum Gasteiger partial charge on any atom is -2.00 e. The summed E-state index contributed by atoms with van der Waals surface area (Å²) in [6.45, 7) is 0. The van der Waals surface area contributed by atoms with Crippen molar-refractivity contribution in [1.29, 1.82) is 0 Å². The fourth-order valence-electron chi connectivity index (χ4n) is 0. The van der Waals surface area contributed by atoms with E-state index in [0.29, 0.717) is 0 Å². The third kappa shape index (κ3) is 1250. The molecule has 0 aliphatic carbocycles. The molecule has 0 aromatic carbocycles. The van der Waals surface area contributed by atoms with Crippen LogP contribution in [0.15, 0.2) is 0 Å². The minimum atomic E-state index is 0. The summed E-state index contributed by atoms with van der Waals surface area (Å²) in [6.07, 6.45) is 0. The second-order valence-corrected chi connectivity index (χ2v) is 0. The van der Waals surface area contributed by atoms with Gasteiger partial charge in [0.05, 0.1) is 0 Å². The van der Waals surface area contributed by atoms with Gasteiger partial charge in [-0.05, 0) is 0 Å². The first-order valence-electron chi connectivity index (χ1n) is 0. The van der Waals surface area contributed by atoms with Crippen molar-refractivity contribution in [3.63, 3.8) is 0 Å². The van der Waals surface area contributed by atoms with E-state index in [9.17, 15) is 0 Å². The van der Waals surface area contributed by atoms with E-state index in [2.05, 4.69) is 0 Å². The van der Waals surface area contributed by atoms with Gasteiger partial charge in [-0.1, -0.05) is 0 Å². The Labute approximate surface area is 1680 Å². The van der Waals surface area contributed by atoms with Crippen LogP contribution in [0.1, 0.15) is 0 Å². The molecule has 0 aliphatic rings. The zero-order valence-corrected chi connectivity index (χ0v) is 167. The van der Waals surface area contributed by atoms with Gasteiger partial charge < -0.3 is 11.0 Å². The first-order valence-corrected chi connectivity index (χ1v) is 0. The summed E-state index contributed by atoms with van der Waals surface area (Å²) in [5.74, 6) is 0. The van der Waals surface area contributed by atoms with Gasteiger partial charge in [-0.15, -0.1) is 0 Å². The predicted molar refractivity (Wildman–Crippen MR) is 1.37 cm³/mol. The Hall–Kier alpha value is 52.6. The van der Waals surface area contributed by atoms with E-state index < -0.39 is 0 Å². The normalized spacial score (nSPS) is 0. The number of hydrogen-bond donors (Lipinski definition) is 0. The van der Waals surface area contributed by atoms with E-state index in [0.717, 1.165) is 0 Å². The van der Waals surface area contributed by atoms with Crippen LogP contribution < -0.4 is 0 Å². The topological polar surface area (TPSA) is 57.0 Å². The van der Waals surface area contributed by atoms with Crippen molar-refractivity contribution >= 4 is 0 Å². The summed E-state index contributed by atoms with van der Waals surface area (Å²) in [6, 6.07) is 0. The molecule has 0 aromatic rings. The van der Waals surface area contributed by atoms with E-state index in [1.165, 1.54) is 0 Å². The van der Waals surface area contributed by atoms with E-state index in [4.69, 9.17) is 0 Å². The van der Waals surface area contributed by atoms with Gasteiger partial charge in [-0.3, -0.25) is 0 Å². The molecule has 101 heteroatoms. The van der Waals surface area contributed by atoms with E-state index in [1.807, 2.05) is 0 Å². The Morgan fingerprint density at radius 2 is 0.0198 bits per heavy atom. The van der Waals surface area contributed by atoms with Crippen molar-refractivity contribution in [2.24, 2.45) is 0 Å². The molecule has 0 saturated carbocycles. The average Bonchev–Trinajstić information content (AvgIpc) is 0. The molecular formula is Cr99O2+293. The smallest absolute Gasteiger partial charge is 2.00 e. The zero-order valence-electron chi connectivity index (χ0n) is 41.2. The Balaban J connectivity index is 0. The maximum absolute atomic E-state index is 0. The van der Waals surface area contributed by atoms with Crippen molar-refractivity contribution in [2.75, 3.05) is 0 Å². The van der Waals surface area contributed by atoms with Crippen LogP contribution in [-0.2, 0) is 1730 Å². The Morgan fingerprint density at radius 1 is 0.0198 bits per heavy atom. The minimum absolute atomic E-state index is 0. The molecule has 0 amide bonds. The third-order valence-corrected chi connectivity index (χ3v) is 0. The Kier molecular flexibility index (Phi) is 16200. The molecule has 0 saturated heterocycles. The van der Waals surface area contributed by atoms with Gasteiger partial charge in [0, 0.05) is 0 Å². The summed E-state index contributed by atoms with van der Waals surface area (Å²) in [5.41, 5.74) is 0. The van der Waals surface area contributed by atoms with Crippen molar-refractivity contribution in [2.45, 2.75) is 0 Å². The van der Waals surface area contributed by atoms with Gasteiger partial charge in [-0.25, -0.2) is 0 Å². The second-order valence-electron chi connectivity index (χ2n) is 0. The first-order chi connectivity index (χ1) is 0.